The monoisotopic (exact) mass is 197 g/mol. The van der Waals surface area contributed by atoms with Crippen LogP contribution in [0.5, 0.6) is 0 Å². The summed E-state index contributed by atoms with van der Waals surface area (Å²) in [5.74, 6) is 2.02. The third kappa shape index (κ3) is 4.45. The fourth-order valence-corrected chi connectivity index (χ4v) is 2.76. The number of nitrogens with one attached hydrogen (secondary N) is 1. The SMILES string of the molecule is CCNC(C)CCC1CCCC(C)C1. The van der Waals surface area contributed by atoms with Gasteiger partial charge in [0.15, 0.2) is 0 Å². The molecule has 0 aliphatic heterocycles. The summed E-state index contributed by atoms with van der Waals surface area (Å²) in [6.45, 7) is 8.04. The zero-order chi connectivity index (χ0) is 10.4. The molecule has 0 heterocycles. The topological polar surface area (TPSA) is 12.0 Å². The molecule has 1 rings (SSSR count). The fraction of sp³-hybridized carbons (Fsp3) is 1.00. The Morgan fingerprint density at radius 1 is 1.36 bits per heavy atom. The average molecular weight is 197 g/mol. The van der Waals surface area contributed by atoms with Crippen LogP contribution < -0.4 is 5.32 Å². The first-order valence-electron chi connectivity index (χ1n) is 6.45. The summed E-state index contributed by atoms with van der Waals surface area (Å²) in [6.07, 6.45) is 8.73. The Kier molecular flexibility index (Phi) is 5.54. The van der Waals surface area contributed by atoms with Crippen LogP contribution in [0, 0.1) is 11.8 Å². The van der Waals surface area contributed by atoms with Gasteiger partial charge in [0.25, 0.3) is 0 Å². The van der Waals surface area contributed by atoms with Gasteiger partial charge in [-0.1, -0.05) is 33.1 Å². The average Bonchev–Trinajstić information content (AvgIpc) is 2.15. The summed E-state index contributed by atoms with van der Waals surface area (Å²) in [4.78, 5) is 0. The minimum Gasteiger partial charge on any atom is -0.315 e. The zero-order valence-electron chi connectivity index (χ0n) is 10.2. The van der Waals surface area contributed by atoms with E-state index < -0.39 is 0 Å². The van der Waals surface area contributed by atoms with E-state index in [-0.39, 0.29) is 0 Å². The summed E-state index contributed by atoms with van der Waals surface area (Å²) in [5, 5.41) is 3.50. The van der Waals surface area contributed by atoms with Crippen LogP contribution in [0.15, 0.2) is 0 Å². The van der Waals surface area contributed by atoms with E-state index in [0.717, 1.165) is 24.4 Å². The van der Waals surface area contributed by atoms with Gasteiger partial charge >= 0.3 is 0 Å². The lowest BCUT2D eigenvalue weighted by Crippen LogP contribution is -2.26. The van der Waals surface area contributed by atoms with Gasteiger partial charge in [-0.2, -0.15) is 0 Å². The van der Waals surface area contributed by atoms with Crippen LogP contribution in [0.3, 0.4) is 0 Å². The molecule has 3 unspecified atom stereocenters. The molecule has 0 bridgehead atoms. The van der Waals surface area contributed by atoms with Gasteiger partial charge in [-0.05, 0) is 44.6 Å². The minimum absolute atomic E-state index is 0.720. The van der Waals surface area contributed by atoms with Crippen LogP contribution in [-0.2, 0) is 0 Å². The molecule has 1 heteroatoms. The van der Waals surface area contributed by atoms with E-state index in [4.69, 9.17) is 0 Å². The number of hydrogen-bond donors (Lipinski definition) is 1. The summed E-state index contributed by atoms with van der Waals surface area (Å²) in [7, 11) is 0. The lowest BCUT2D eigenvalue weighted by atomic mass is 9.80. The largest absolute Gasteiger partial charge is 0.315 e. The van der Waals surface area contributed by atoms with Crippen LogP contribution >= 0.6 is 0 Å². The molecular formula is C13H27N. The fourth-order valence-electron chi connectivity index (χ4n) is 2.76. The standard InChI is InChI=1S/C13H27N/c1-4-14-12(3)8-9-13-7-5-6-11(2)10-13/h11-14H,4-10H2,1-3H3. The van der Waals surface area contributed by atoms with Gasteiger partial charge in [0, 0.05) is 6.04 Å². The lowest BCUT2D eigenvalue weighted by Gasteiger charge is -2.27. The molecule has 14 heavy (non-hydrogen) atoms. The molecular weight excluding hydrogens is 170 g/mol. The Labute approximate surface area is 89.7 Å². The quantitative estimate of drug-likeness (QED) is 0.710. The van der Waals surface area contributed by atoms with Gasteiger partial charge in [-0.3, -0.25) is 0 Å². The first-order valence-corrected chi connectivity index (χ1v) is 6.45. The van der Waals surface area contributed by atoms with E-state index in [1.807, 2.05) is 0 Å². The second kappa shape index (κ2) is 6.44. The van der Waals surface area contributed by atoms with E-state index in [1.54, 1.807) is 0 Å². The zero-order valence-corrected chi connectivity index (χ0v) is 10.2. The lowest BCUT2D eigenvalue weighted by molar-refractivity contribution is 0.258. The van der Waals surface area contributed by atoms with E-state index in [2.05, 4.69) is 26.1 Å². The van der Waals surface area contributed by atoms with Crippen LogP contribution in [0.2, 0.25) is 0 Å². The van der Waals surface area contributed by atoms with E-state index in [9.17, 15) is 0 Å². The highest BCUT2D eigenvalue weighted by atomic mass is 14.9. The molecule has 3 atom stereocenters. The summed E-state index contributed by atoms with van der Waals surface area (Å²) in [5.41, 5.74) is 0. The smallest absolute Gasteiger partial charge is 0.00387 e. The Bertz CT molecular complexity index is 144. The molecule has 1 saturated carbocycles. The molecule has 0 amide bonds. The molecule has 84 valence electrons. The molecule has 0 aromatic heterocycles. The van der Waals surface area contributed by atoms with Gasteiger partial charge in [-0.15, -0.1) is 0 Å². The number of rotatable bonds is 5. The van der Waals surface area contributed by atoms with Crippen molar-refractivity contribution in [2.45, 2.75) is 65.3 Å². The van der Waals surface area contributed by atoms with Gasteiger partial charge < -0.3 is 5.32 Å². The van der Waals surface area contributed by atoms with E-state index in [0.29, 0.717) is 0 Å². The predicted molar refractivity (Wildman–Crippen MR) is 63.5 cm³/mol. The van der Waals surface area contributed by atoms with Gasteiger partial charge in [0.05, 0.1) is 0 Å². The molecule has 1 aliphatic carbocycles. The normalized spacial score (nSPS) is 30.2. The third-order valence-corrected chi connectivity index (χ3v) is 3.61. The molecule has 1 N–H and O–H groups in total. The highest BCUT2D eigenvalue weighted by molar-refractivity contribution is 4.72. The molecule has 1 fully saturated rings. The first kappa shape index (κ1) is 12.0. The van der Waals surface area contributed by atoms with E-state index in [1.165, 1.54) is 38.5 Å². The van der Waals surface area contributed by atoms with Crippen molar-refractivity contribution in [3.63, 3.8) is 0 Å². The summed E-state index contributed by atoms with van der Waals surface area (Å²) >= 11 is 0. The molecule has 0 radical (unpaired) electrons. The predicted octanol–water partition coefficient (Wildman–Crippen LogP) is 3.59. The third-order valence-electron chi connectivity index (χ3n) is 3.61. The molecule has 0 aromatic rings. The Balaban J connectivity index is 2.10. The second-order valence-electron chi connectivity index (χ2n) is 5.17. The van der Waals surface area contributed by atoms with Crippen molar-refractivity contribution < 1.29 is 0 Å². The van der Waals surface area contributed by atoms with E-state index >= 15 is 0 Å². The molecule has 1 aliphatic rings. The maximum atomic E-state index is 3.50. The number of hydrogen-bond acceptors (Lipinski definition) is 1. The first-order chi connectivity index (χ1) is 6.72. The van der Waals surface area contributed by atoms with Gasteiger partial charge in [0.2, 0.25) is 0 Å². The second-order valence-corrected chi connectivity index (χ2v) is 5.17. The Morgan fingerprint density at radius 3 is 2.79 bits per heavy atom. The molecule has 0 saturated heterocycles. The van der Waals surface area contributed by atoms with Crippen molar-refractivity contribution >= 4 is 0 Å². The van der Waals surface area contributed by atoms with Crippen LogP contribution in [0.1, 0.15) is 59.3 Å². The van der Waals surface area contributed by atoms with Crippen molar-refractivity contribution in [2.75, 3.05) is 6.54 Å². The minimum atomic E-state index is 0.720. The highest BCUT2D eigenvalue weighted by Crippen LogP contribution is 2.31. The van der Waals surface area contributed by atoms with Crippen molar-refractivity contribution in [1.29, 1.82) is 0 Å². The van der Waals surface area contributed by atoms with Crippen LogP contribution in [0.25, 0.3) is 0 Å². The van der Waals surface area contributed by atoms with Gasteiger partial charge in [0.1, 0.15) is 0 Å². The van der Waals surface area contributed by atoms with Crippen LogP contribution in [0.4, 0.5) is 0 Å². The summed E-state index contributed by atoms with van der Waals surface area (Å²) in [6, 6.07) is 0.720. The molecule has 1 nitrogen and oxygen atoms in total. The Morgan fingerprint density at radius 2 is 2.14 bits per heavy atom. The maximum Gasteiger partial charge on any atom is 0.00387 e. The van der Waals surface area contributed by atoms with Crippen molar-refractivity contribution in [3.8, 4) is 0 Å². The molecule has 0 aromatic carbocycles. The molecule has 0 spiro atoms. The Hall–Kier alpha value is -0.0400. The van der Waals surface area contributed by atoms with Crippen molar-refractivity contribution in [1.82, 2.24) is 5.32 Å². The highest BCUT2D eigenvalue weighted by Gasteiger charge is 2.18. The maximum absolute atomic E-state index is 3.50. The van der Waals surface area contributed by atoms with Crippen LogP contribution in [-0.4, -0.2) is 12.6 Å². The summed E-state index contributed by atoms with van der Waals surface area (Å²) < 4.78 is 0. The van der Waals surface area contributed by atoms with Crippen molar-refractivity contribution in [2.24, 2.45) is 11.8 Å². The van der Waals surface area contributed by atoms with Crippen molar-refractivity contribution in [3.05, 3.63) is 0 Å². The van der Waals surface area contributed by atoms with Gasteiger partial charge in [-0.25, -0.2) is 0 Å².